The molecule has 0 spiro atoms. The van der Waals surface area contributed by atoms with Crippen LogP contribution in [0, 0.1) is 24.4 Å². The molecule has 0 unspecified atom stereocenters. The maximum Gasteiger partial charge on any atom is 0.182 e. The van der Waals surface area contributed by atoms with Crippen molar-refractivity contribution >= 4 is 17.3 Å². The van der Waals surface area contributed by atoms with E-state index in [1.165, 1.54) is 0 Å². The molecule has 0 amide bonds. The maximum atomic E-state index is 13.4. The van der Waals surface area contributed by atoms with E-state index in [-0.39, 0.29) is 17.3 Å². The maximum absolute atomic E-state index is 13.4. The Morgan fingerprint density at radius 1 is 1.17 bits per heavy atom. The monoisotopic (exact) mass is 254 g/mol. The van der Waals surface area contributed by atoms with Gasteiger partial charge in [0.05, 0.1) is 5.69 Å². The summed E-state index contributed by atoms with van der Waals surface area (Å²) < 4.78 is 39.4. The molecule has 0 bridgehead atoms. The van der Waals surface area contributed by atoms with Gasteiger partial charge in [-0.1, -0.05) is 0 Å². The van der Waals surface area contributed by atoms with E-state index in [0.29, 0.717) is 11.6 Å². The minimum atomic E-state index is -1.28. The molecule has 3 N–H and O–H groups in total. The van der Waals surface area contributed by atoms with Crippen molar-refractivity contribution in [1.29, 1.82) is 0 Å². The van der Waals surface area contributed by atoms with Gasteiger partial charge in [0, 0.05) is 17.7 Å². The number of hydrogen-bond acceptors (Lipinski definition) is 4. The van der Waals surface area contributed by atoms with E-state index in [2.05, 4.69) is 15.3 Å². The second-order valence-corrected chi connectivity index (χ2v) is 3.61. The van der Waals surface area contributed by atoms with Gasteiger partial charge >= 0.3 is 0 Å². The standard InChI is InChI=1S/C11H9F3N4/c1-5-10(15)16-4-17-11(5)18-8-3-6(12)2-7(13)9(8)14/h2-4H,1H3,(H3,15,16,17,18). The highest BCUT2D eigenvalue weighted by molar-refractivity contribution is 5.63. The van der Waals surface area contributed by atoms with Crippen LogP contribution in [-0.2, 0) is 0 Å². The molecule has 0 aliphatic carbocycles. The number of aromatic nitrogens is 2. The van der Waals surface area contributed by atoms with Crippen molar-refractivity contribution in [1.82, 2.24) is 9.97 Å². The Morgan fingerprint density at radius 2 is 1.89 bits per heavy atom. The Bertz CT molecular complexity index is 601. The number of nitrogens with two attached hydrogens (primary N) is 1. The molecule has 1 aromatic heterocycles. The lowest BCUT2D eigenvalue weighted by Gasteiger charge is -2.10. The SMILES string of the molecule is Cc1c(N)ncnc1Nc1cc(F)cc(F)c1F. The topological polar surface area (TPSA) is 63.8 Å². The number of nitrogen functional groups attached to an aromatic ring is 1. The summed E-state index contributed by atoms with van der Waals surface area (Å²) in [4.78, 5) is 7.54. The number of hydrogen-bond donors (Lipinski definition) is 2. The summed E-state index contributed by atoms with van der Waals surface area (Å²) in [6.45, 7) is 1.60. The molecule has 94 valence electrons. The van der Waals surface area contributed by atoms with E-state index >= 15 is 0 Å². The summed E-state index contributed by atoms with van der Waals surface area (Å²) in [5.74, 6) is -2.97. The van der Waals surface area contributed by atoms with Crippen molar-refractivity contribution in [2.24, 2.45) is 0 Å². The zero-order valence-electron chi connectivity index (χ0n) is 9.34. The highest BCUT2D eigenvalue weighted by Gasteiger charge is 2.13. The van der Waals surface area contributed by atoms with Gasteiger partial charge in [-0.05, 0) is 6.92 Å². The highest BCUT2D eigenvalue weighted by atomic mass is 19.2. The number of nitrogens with zero attached hydrogens (tertiary/aromatic N) is 2. The van der Waals surface area contributed by atoms with Crippen LogP contribution in [0.5, 0.6) is 0 Å². The third-order valence-electron chi connectivity index (χ3n) is 2.37. The molecule has 1 aromatic carbocycles. The van der Waals surface area contributed by atoms with Crippen molar-refractivity contribution in [3.8, 4) is 0 Å². The molecule has 0 atom stereocenters. The molecule has 1 heterocycles. The van der Waals surface area contributed by atoms with Crippen LogP contribution < -0.4 is 11.1 Å². The smallest absolute Gasteiger partial charge is 0.182 e. The second-order valence-electron chi connectivity index (χ2n) is 3.61. The number of rotatable bonds is 2. The van der Waals surface area contributed by atoms with Crippen molar-refractivity contribution in [3.63, 3.8) is 0 Å². The van der Waals surface area contributed by atoms with Crippen molar-refractivity contribution in [2.45, 2.75) is 6.92 Å². The van der Waals surface area contributed by atoms with Crippen LogP contribution in [-0.4, -0.2) is 9.97 Å². The van der Waals surface area contributed by atoms with E-state index in [9.17, 15) is 13.2 Å². The number of anilines is 3. The van der Waals surface area contributed by atoms with E-state index in [1.807, 2.05) is 0 Å². The van der Waals surface area contributed by atoms with Gasteiger partial charge in [-0.15, -0.1) is 0 Å². The van der Waals surface area contributed by atoms with Gasteiger partial charge in [-0.3, -0.25) is 0 Å². The number of benzene rings is 1. The van der Waals surface area contributed by atoms with Crippen molar-refractivity contribution < 1.29 is 13.2 Å². The second kappa shape index (κ2) is 4.52. The quantitative estimate of drug-likeness (QED) is 0.808. The Hall–Kier alpha value is -2.31. The Morgan fingerprint density at radius 3 is 2.61 bits per heavy atom. The minimum absolute atomic E-state index is 0.186. The zero-order valence-corrected chi connectivity index (χ0v) is 9.34. The number of halogens is 3. The largest absolute Gasteiger partial charge is 0.383 e. The average Bonchev–Trinajstić information content (AvgIpc) is 2.31. The molecule has 0 saturated heterocycles. The fraction of sp³-hybridized carbons (Fsp3) is 0.0909. The summed E-state index contributed by atoms with van der Waals surface area (Å²) in [7, 11) is 0. The molecular weight excluding hydrogens is 245 g/mol. The Balaban J connectivity index is 2.43. The Kier molecular flexibility index (Phi) is 3.05. The van der Waals surface area contributed by atoms with E-state index in [0.717, 1.165) is 12.4 Å². The molecule has 0 fully saturated rings. The molecular formula is C11H9F3N4. The molecule has 18 heavy (non-hydrogen) atoms. The van der Waals surface area contributed by atoms with Gasteiger partial charge < -0.3 is 11.1 Å². The summed E-state index contributed by atoms with van der Waals surface area (Å²) in [5.41, 5.74) is 5.65. The first-order chi connectivity index (χ1) is 8.49. The van der Waals surface area contributed by atoms with Gasteiger partial charge in [-0.2, -0.15) is 0 Å². The van der Waals surface area contributed by atoms with Crippen LogP contribution in [0.1, 0.15) is 5.56 Å². The Labute approximate surface area is 101 Å². The molecule has 0 aliphatic rings. The number of nitrogens with one attached hydrogen (secondary N) is 1. The van der Waals surface area contributed by atoms with Crippen LogP contribution >= 0.6 is 0 Å². The first-order valence-electron chi connectivity index (χ1n) is 4.97. The molecule has 7 heteroatoms. The lowest BCUT2D eigenvalue weighted by Crippen LogP contribution is -2.04. The van der Waals surface area contributed by atoms with Gasteiger partial charge in [0.25, 0.3) is 0 Å². The molecule has 2 aromatic rings. The van der Waals surface area contributed by atoms with E-state index in [1.54, 1.807) is 6.92 Å². The average molecular weight is 254 g/mol. The summed E-state index contributed by atoms with van der Waals surface area (Å²) >= 11 is 0. The van der Waals surface area contributed by atoms with Crippen LogP contribution in [0.3, 0.4) is 0 Å². The van der Waals surface area contributed by atoms with Crippen LogP contribution in [0.25, 0.3) is 0 Å². The minimum Gasteiger partial charge on any atom is -0.383 e. The van der Waals surface area contributed by atoms with Gasteiger partial charge in [0.1, 0.15) is 23.8 Å². The fourth-order valence-electron chi connectivity index (χ4n) is 1.36. The van der Waals surface area contributed by atoms with Crippen LogP contribution in [0.2, 0.25) is 0 Å². The van der Waals surface area contributed by atoms with Gasteiger partial charge in [-0.25, -0.2) is 23.1 Å². The first kappa shape index (κ1) is 12.2. The third-order valence-corrected chi connectivity index (χ3v) is 2.37. The molecule has 0 aliphatic heterocycles. The van der Waals surface area contributed by atoms with Gasteiger partial charge in [0.2, 0.25) is 0 Å². The third kappa shape index (κ3) is 2.20. The predicted molar refractivity (Wildman–Crippen MR) is 60.8 cm³/mol. The van der Waals surface area contributed by atoms with Crippen molar-refractivity contribution in [2.75, 3.05) is 11.1 Å². The lowest BCUT2D eigenvalue weighted by molar-refractivity contribution is 0.498. The van der Waals surface area contributed by atoms with Crippen molar-refractivity contribution in [3.05, 3.63) is 41.5 Å². The molecule has 4 nitrogen and oxygen atoms in total. The highest BCUT2D eigenvalue weighted by Crippen LogP contribution is 2.25. The fourth-order valence-corrected chi connectivity index (χ4v) is 1.36. The zero-order chi connectivity index (χ0) is 13.3. The van der Waals surface area contributed by atoms with Crippen LogP contribution in [0.15, 0.2) is 18.5 Å². The van der Waals surface area contributed by atoms with E-state index < -0.39 is 17.5 Å². The molecule has 0 saturated carbocycles. The first-order valence-corrected chi connectivity index (χ1v) is 4.97. The summed E-state index contributed by atoms with van der Waals surface area (Å²) in [6, 6.07) is 1.29. The molecule has 0 radical (unpaired) electrons. The van der Waals surface area contributed by atoms with Gasteiger partial charge in [0.15, 0.2) is 11.6 Å². The molecule has 2 rings (SSSR count). The lowest BCUT2D eigenvalue weighted by atomic mass is 10.2. The predicted octanol–water partition coefficient (Wildman–Crippen LogP) is 2.53. The van der Waals surface area contributed by atoms with Crippen LogP contribution in [0.4, 0.5) is 30.5 Å². The summed E-state index contributed by atoms with van der Waals surface area (Å²) in [6.07, 6.45) is 1.16. The van der Waals surface area contributed by atoms with E-state index in [4.69, 9.17) is 5.73 Å². The normalized spacial score (nSPS) is 10.4. The summed E-state index contributed by atoms with van der Waals surface area (Å²) in [5, 5.41) is 2.48.